The third-order valence-electron chi connectivity index (χ3n) is 2.59. The molecule has 3 N–H and O–H groups in total. The van der Waals surface area contributed by atoms with Gasteiger partial charge in [0.25, 0.3) is 5.91 Å². The average molecular weight is 285 g/mol. The molecule has 104 valence electrons. The lowest BCUT2D eigenvalue weighted by atomic mass is 10.2. The summed E-state index contributed by atoms with van der Waals surface area (Å²) in [6, 6.07) is 6.10. The molecule has 1 aromatic carbocycles. The Morgan fingerprint density at radius 3 is 2.47 bits per heavy atom. The van der Waals surface area contributed by atoms with Crippen molar-refractivity contribution in [2.24, 2.45) is 0 Å². The zero-order valence-corrected chi connectivity index (χ0v) is 11.4. The van der Waals surface area contributed by atoms with Gasteiger partial charge in [-0.25, -0.2) is 0 Å². The fourth-order valence-electron chi connectivity index (χ4n) is 1.42. The van der Waals surface area contributed by atoms with Gasteiger partial charge in [-0.15, -0.1) is 0 Å². The molecule has 1 rings (SSSR count). The summed E-state index contributed by atoms with van der Waals surface area (Å²) in [5.74, 6) is -0.674. The van der Waals surface area contributed by atoms with Crippen LogP contribution in [0.15, 0.2) is 24.3 Å². The smallest absolute Gasteiger partial charge is 0.251 e. The fourth-order valence-corrected chi connectivity index (χ4v) is 1.55. The quantitative estimate of drug-likeness (QED) is 0.728. The Kier molecular flexibility index (Phi) is 6.32. The SMILES string of the molecule is CC[C@@H](CO)NC(=O)CNC(=O)c1ccc(Cl)cc1. The van der Waals surface area contributed by atoms with Crippen LogP contribution in [0.5, 0.6) is 0 Å². The van der Waals surface area contributed by atoms with Crippen LogP contribution in [-0.2, 0) is 4.79 Å². The second kappa shape index (κ2) is 7.76. The van der Waals surface area contributed by atoms with Crippen LogP contribution in [0.25, 0.3) is 0 Å². The monoisotopic (exact) mass is 284 g/mol. The molecule has 5 nitrogen and oxygen atoms in total. The first kappa shape index (κ1) is 15.5. The molecule has 0 bridgehead atoms. The highest BCUT2D eigenvalue weighted by Crippen LogP contribution is 2.09. The molecular weight excluding hydrogens is 268 g/mol. The van der Waals surface area contributed by atoms with E-state index in [1.165, 1.54) is 0 Å². The number of rotatable bonds is 6. The van der Waals surface area contributed by atoms with Crippen molar-refractivity contribution in [1.29, 1.82) is 0 Å². The Hall–Kier alpha value is -1.59. The molecule has 0 aliphatic heterocycles. The van der Waals surface area contributed by atoms with Crippen LogP contribution in [0.3, 0.4) is 0 Å². The minimum Gasteiger partial charge on any atom is -0.394 e. The molecule has 0 aliphatic rings. The largest absolute Gasteiger partial charge is 0.394 e. The van der Waals surface area contributed by atoms with Gasteiger partial charge in [-0.3, -0.25) is 9.59 Å². The lowest BCUT2D eigenvalue weighted by Crippen LogP contribution is -2.43. The summed E-state index contributed by atoms with van der Waals surface area (Å²) in [7, 11) is 0. The van der Waals surface area contributed by atoms with Gasteiger partial charge in [-0.2, -0.15) is 0 Å². The number of carbonyl (C=O) groups excluding carboxylic acids is 2. The molecule has 19 heavy (non-hydrogen) atoms. The van der Waals surface area contributed by atoms with Crippen molar-refractivity contribution in [3.05, 3.63) is 34.9 Å². The molecule has 2 amide bonds. The molecule has 0 heterocycles. The second-order valence-electron chi connectivity index (χ2n) is 4.04. The summed E-state index contributed by atoms with van der Waals surface area (Å²) < 4.78 is 0. The van der Waals surface area contributed by atoms with E-state index in [4.69, 9.17) is 16.7 Å². The summed E-state index contributed by atoms with van der Waals surface area (Å²) in [5.41, 5.74) is 0.436. The number of carbonyl (C=O) groups is 2. The van der Waals surface area contributed by atoms with Crippen molar-refractivity contribution in [1.82, 2.24) is 10.6 Å². The third-order valence-corrected chi connectivity index (χ3v) is 2.85. The van der Waals surface area contributed by atoms with Crippen molar-refractivity contribution in [3.63, 3.8) is 0 Å². The number of amides is 2. The van der Waals surface area contributed by atoms with Crippen LogP contribution in [0.4, 0.5) is 0 Å². The lowest BCUT2D eigenvalue weighted by Gasteiger charge is -2.14. The number of nitrogens with one attached hydrogen (secondary N) is 2. The molecule has 0 saturated carbocycles. The summed E-state index contributed by atoms with van der Waals surface area (Å²) in [6.07, 6.45) is 0.632. The summed E-state index contributed by atoms with van der Waals surface area (Å²) in [5, 5.41) is 14.6. The molecule has 0 spiro atoms. The lowest BCUT2D eigenvalue weighted by molar-refractivity contribution is -0.121. The minimum atomic E-state index is -0.344. The summed E-state index contributed by atoms with van der Waals surface area (Å²) in [4.78, 5) is 23.2. The highest BCUT2D eigenvalue weighted by molar-refractivity contribution is 6.30. The second-order valence-corrected chi connectivity index (χ2v) is 4.48. The zero-order chi connectivity index (χ0) is 14.3. The van der Waals surface area contributed by atoms with Crippen molar-refractivity contribution < 1.29 is 14.7 Å². The Morgan fingerprint density at radius 1 is 1.32 bits per heavy atom. The van der Waals surface area contributed by atoms with Crippen molar-refractivity contribution in [2.75, 3.05) is 13.2 Å². The van der Waals surface area contributed by atoms with E-state index in [9.17, 15) is 9.59 Å². The molecular formula is C13H17ClN2O3. The third kappa shape index (κ3) is 5.28. The van der Waals surface area contributed by atoms with E-state index in [-0.39, 0.29) is 31.0 Å². The first-order chi connectivity index (χ1) is 9.06. The normalized spacial score (nSPS) is 11.7. The summed E-state index contributed by atoms with van der Waals surface area (Å²) in [6.45, 7) is 1.61. The standard InChI is InChI=1S/C13H17ClN2O3/c1-2-11(8-17)16-12(18)7-15-13(19)9-3-5-10(14)6-4-9/h3-6,11,17H,2,7-8H2,1H3,(H,15,19)(H,16,18)/t11-/m0/s1. The van der Waals surface area contributed by atoms with Crippen LogP contribution >= 0.6 is 11.6 Å². The van der Waals surface area contributed by atoms with Gasteiger partial charge in [0.15, 0.2) is 0 Å². The van der Waals surface area contributed by atoms with Gasteiger partial charge in [0.05, 0.1) is 19.2 Å². The molecule has 1 atom stereocenters. The van der Waals surface area contributed by atoms with E-state index in [1.807, 2.05) is 6.92 Å². The molecule has 0 fully saturated rings. The highest BCUT2D eigenvalue weighted by Gasteiger charge is 2.11. The van der Waals surface area contributed by atoms with Crippen LogP contribution < -0.4 is 10.6 Å². The minimum absolute atomic E-state index is 0.118. The average Bonchev–Trinajstić information content (AvgIpc) is 2.43. The number of benzene rings is 1. The maximum Gasteiger partial charge on any atom is 0.251 e. The van der Waals surface area contributed by atoms with Crippen molar-refractivity contribution in [3.8, 4) is 0 Å². The number of aliphatic hydroxyl groups is 1. The molecule has 0 unspecified atom stereocenters. The van der Waals surface area contributed by atoms with E-state index in [0.29, 0.717) is 17.0 Å². The molecule has 0 saturated heterocycles. The van der Waals surface area contributed by atoms with Gasteiger partial charge in [-0.1, -0.05) is 18.5 Å². The van der Waals surface area contributed by atoms with Gasteiger partial charge in [0, 0.05) is 10.6 Å². The molecule has 6 heteroatoms. The number of halogens is 1. The van der Waals surface area contributed by atoms with Crippen molar-refractivity contribution in [2.45, 2.75) is 19.4 Å². The number of hydrogen-bond acceptors (Lipinski definition) is 3. The Labute approximate surface area is 117 Å². The fraction of sp³-hybridized carbons (Fsp3) is 0.385. The number of hydrogen-bond donors (Lipinski definition) is 3. The molecule has 1 aromatic rings. The van der Waals surface area contributed by atoms with Gasteiger partial charge in [0.2, 0.25) is 5.91 Å². The van der Waals surface area contributed by atoms with Crippen LogP contribution in [-0.4, -0.2) is 36.1 Å². The Bertz CT molecular complexity index is 430. The highest BCUT2D eigenvalue weighted by atomic mass is 35.5. The zero-order valence-electron chi connectivity index (χ0n) is 10.6. The van der Waals surface area contributed by atoms with Crippen LogP contribution in [0.2, 0.25) is 5.02 Å². The van der Waals surface area contributed by atoms with E-state index in [1.54, 1.807) is 24.3 Å². The Balaban J connectivity index is 2.41. The van der Waals surface area contributed by atoms with Crippen molar-refractivity contribution >= 4 is 23.4 Å². The first-order valence-corrected chi connectivity index (χ1v) is 6.38. The predicted octanol–water partition coefficient (Wildman–Crippen LogP) is 0.957. The maximum absolute atomic E-state index is 11.7. The molecule has 0 aromatic heterocycles. The van der Waals surface area contributed by atoms with E-state index < -0.39 is 0 Å². The predicted molar refractivity (Wildman–Crippen MR) is 73.1 cm³/mol. The van der Waals surface area contributed by atoms with E-state index in [0.717, 1.165) is 0 Å². The van der Waals surface area contributed by atoms with Gasteiger partial charge in [-0.05, 0) is 30.7 Å². The first-order valence-electron chi connectivity index (χ1n) is 6.00. The Morgan fingerprint density at radius 2 is 1.95 bits per heavy atom. The van der Waals surface area contributed by atoms with Gasteiger partial charge < -0.3 is 15.7 Å². The van der Waals surface area contributed by atoms with E-state index >= 15 is 0 Å². The van der Waals surface area contributed by atoms with E-state index in [2.05, 4.69) is 10.6 Å². The van der Waals surface area contributed by atoms with Crippen LogP contribution in [0, 0.1) is 0 Å². The van der Waals surface area contributed by atoms with Gasteiger partial charge in [0.1, 0.15) is 0 Å². The molecule has 0 aliphatic carbocycles. The van der Waals surface area contributed by atoms with Gasteiger partial charge >= 0.3 is 0 Å². The van der Waals surface area contributed by atoms with Crippen LogP contribution in [0.1, 0.15) is 23.7 Å². The maximum atomic E-state index is 11.7. The number of aliphatic hydroxyl groups excluding tert-OH is 1. The molecule has 0 radical (unpaired) electrons. The summed E-state index contributed by atoms with van der Waals surface area (Å²) >= 11 is 5.71. The topological polar surface area (TPSA) is 78.4 Å².